The van der Waals surface area contributed by atoms with Crippen molar-refractivity contribution in [3.05, 3.63) is 76.8 Å². The molecule has 6 rings (SSSR count). The monoisotopic (exact) mass is 485 g/mol. The van der Waals surface area contributed by atoms with Crippen molar-refractivity contribution in [2.45, 2.75) is 50.3 Å². The summed E-state index contributed by atoms with van der Waals surface area (Å²) in [5.41, 5.74) is 1.90. The van der Waals surface area contributed by atoms with Crippen LogP contribution in [0.5, 0.6) is 0 Å². The maximum atomic E-state index is 13.2. The van der Waals surface area contributed by atoms with E-state index in [9.17, 15) is 14.7 Å². The molecule has 1 aromatic carbocycles. The zero-order valence-corrected chi connectivity index (χ0v) is 20.3. The first-order valence-electron chi connectivity index (χ1n) is 12.9. The lowest BCUT2D eigenvalue weighted by Crippen LogP contribution is -2.61. The molecule has 3 aromatic rings. The Bertz CT molecular complexity index is 1300. The summed E-state index contributed by atoms with van der Waals surface area (Å²) in [7, 11) is 0. The number of piperidine rings is 1. The van der Waals surface area contributed by atoms with Crippen LogP contribution in [0, 0.1) is 5.92 Å². The van der Waals surface area contributed by atoms with Crippen LogP contribution >= 0.6 is 0 Å². The molecule has 8 nitrogen and oxygen atoms in total. The third-order valence-corrected chi connectivity index (χ3v) is 8.05. The molecule has 2 aliphatic heterocycles. The molecule has 1 N–H and O–H groups in total. The van der Waals surface area contributed by atoms with Crippen molar-refractivity contribution < 1.29 is 9.90 Å². The molecule has 1 amide bonds. The lowest BCUT2D eigenvalue weighted by molar-refractivity contribution is -0.134. The zero-order valence-electron chi connectivity index (χ0n) is 20.3. The van der Waals surface area contributed by atoms with E-state index in [0.29, 0.717) is 37.8 Å². The summed E-state index contributed by atoms with van der Waals surface area (Å²) in [4.78, 5) is 39.2. The van der Waals surface area contributed by atoms with E-state index >= 15 is 0 Å². The minimum absolute atomic E-state index is 0.0952. The van der Waals surface area contributed by atoms with Crippen molar-refractivity contribution in [3.8, 4) is 11.3 Å². The fourth-order valence-corrected chi connectivity index (χ4v) is 5.73. The van der Waals surface area contributed by atoms with Gasteiger partial charge in [0.1, 0.15) is 0 Å². The first-order chi connectivity index (χ1) is 17.5. The Labute approximate surface area is 210 Å². The normalized spacial score (nSPS) is 19.7. The zero-order chi connectivity index (χ0) is 24.7. The van der Waals surface area contributed by atoms with E-state index in [2.05, 4.69) is 9.88 Å². The quantitative estimate of drug-likeness (QED) is 0.597. The molecule has 0 bridgehead atoms. The third kappa shape index (κ3) is 4.19. The lowest BCUT2D eigenvalue weighted by atomic mass is 9.81. The lowest BCUT2D eigenvalue weighted by Gasteiger charge is -2.52. The number of rotatable bonds is 5. The van der Waals surface area contributed by atoms with Crippen LogP contribution in [-0.2, 0) is 11.3 Å². The summed E-state index contributed by atoms with van der Waals surface area (Å²) >= 11 is 0. The number of benzene rings is 1. The van der Waals surface area contributed by atoms with Crippen molar-refractivity contribution in [1.29, 1.82) is 0 Å². The van der Waals surface area contributed by atoms with E-state index in [0.717, 1.165) is 43.2 Å². The van der Waals surface area contributed by atoms with Crippen LogP contribution in [0.1, 0.15) is 43.8 Å². The minimum atomic E-state index is -0.734. The summed E-state index contributed by atoms with van der Waals surface area (Å²) in [5, 5.41) is 11.3. The molecule has 1 atom stereocenters. The SMILES string of the molecule is O=C(C1CC1)N1CCC2(CC1)CCn1c(nc(-c3ccncc3)cc1=O)N2C[C@@H](O)c1ccccc1. The number of hydrogen-bond donors (Lipinski definition) is 1. The second-order valence-electron chi connectivity index (χ2n) is 10.3. The van der Waals surface area contributed by atoms with Gasteiger partial charge in [-0.3, -0.25) is 19.1 Å². The van der Waals surface area contributed by atoms with Crippen molar-refractivity contribution in [2.24, 2.45) is 5.92 Å². The minimum Gasteiger partial charge on any atom is -0.387 e. The third-order valence-electron chi connectivity index (χ3n) is 8.05. The fraction of sp³-hybridized carbons (Fsp3) is 0.429. The molecule has 3 aliphatic rings. The molecule has 8 heteroatoms. The Hall–Kier alpha value is -3.52. The number of likely N-dealkylation sites (tertiary alicyclic amines) is 1. The van der Waals surface area contributed by atoms with Crippen LogP contribution in [-0.4, -0.2) is 55.6 Å². The van der Waals surface area contributed by atoms with E-state index in [1.807, 2.05) is 47.4 Å². The summed E-state index contributed by atoms with van der Waals surface area (Å²) in [6.07, 6.45) is 7.04. The Morgan fingerprint density at radius 1 is 1.03 bits per heavy atom. The van der Waals surface area contributed by atoms with Crippen molar-refractivity contribution in [1.82, 2.24) is 19.4 Å². The maximum absolute atomic E-state index is 13.2. The van der Waals surface area contributed by atoms with Gasteiger partial charge in [-0.2, -0.15) is 0 Å². The first kappa shape index (κ1) is 22.9. The van der Waals surface area contributed by atoms with Crippen LogP contribution in [0.2, 0.25) is 0 Å². The number of β-amino-alcohol motifs (C(OH)–C–C–N with tert-alkyl or cyclic N) is 1. The number of nitrogens with zero attached hydrogens (tertiary/aromatic N) is 5. The molecule has 0 radical (unpaired) electrons. The van der Waals surface area contributed by atoms with E-state index in [-0.39, 0.29) is 22.9 Å². The molecule has 1 aliphatic carbocycles. The molecule has 1 saturated carbocycles. The second kappa shape index (κ2) is 9.17. The van der Waals surface area contributed by atoms with Crippen LogP contribution in [0.15, 0.2) is 65.7 Å². The summed E-state index contributed by atoms with van der Waals surface area (Å²) in [6.45, 7) is 2.29. The molecule has 0 unspecified atom stereocenters. The standard InChI is InChI=1S/C28H31N5O3/c34-24(21-4-2-1-3-5-21)19-33-27-30-23(20-8-13-29-14-9-20)18-25(35)32(27)17-12-28(33)10-15-31(16-11-28)26(36)22-6-7-22/h1-5,8-9,13-14,18,22,24,34H,6-7,10-12,15-17,19H2/t24-/m1/s1. The van der Waals surface area contributed by atoms with Gasteiger partial charge in [-0.15, -0.1) is 0 Å². The predicted octanol–water partition coefficient (Wildman–Crippen LogP) is 3.02. The van der Waals surface area contributed by atoms with E-state index in [1.165, 1.54) is 0 Å². The molecular weight excluding hydrogens is 454 g/mol. The molecular formula is C28H31N5O3. The molecule has 4 heterocycles. The van der Waals surface area contributed by atoms with Gasteiger partial charge in [-0.1, -0.05) is 30.3 Å². The van der Waals surface area contributed by atoms with Gasteiger partial charge in [-0.25, -0.2) is 4.98 Å². The number of hydrogen-bond acceptors (Lipinski definition) is 6. The van der Waals surface area contributed by atoms with Gasteiger partial charge >= 0.3 is 0 Å². The Morgan fingerprint density at radius 2 is 1.72 bits per heavy atom. The number of carbonyl (C=O) groups excluding carboxylic acids is 1. The van der Waals surface area contributed by atoms with E-state index in [4.69, 9.17) is 4.98 Å². The van der Waals surface area contributed by atoms with Crippen LogP contribution in [0.4, 0.5) is 5.95 Å². The average Bonchev–Trinajstić information content (AvgIpc) is 3.77. The molecule has 186 valence electrons. The number of anilines is 1. The van der Waals surface area contributed by atoms with Crippen LogP contribution in [0.25, 0.3) is 11.3 Å². The smallest absolute Gasteiger partial charge is 0.255 e. The number of aromatic nitrogens is 3. The first-order valence-corrected chi connectivity index (χ1v) is 12.9. The highest BCUT2D eigenvalue weighted by Crippen LogP contribution is 2.41. The van der Waals surface area contributed by atoms with Crippen molar-refractivity contribution in [2.75, 3.05) is 24.5 Å². The van der Waals surface area contributed by atoms with Gasteiger partial charge in [0.25, 0.3) is 5.56 Å². The van der Waals surface area contributed by atoms with Gasteiger partial charge in [0, 0.05) is 55.1 Å². The van der Waals surface area contributed by atoms with Gasteiger partial charge in [-0.05, 0) is 49.8 Å². The Kier molecular flexibility index (Phi) is 5.84. The number of fused-ring (bicyclic) bond motifs is 1. The number of carbonyl (C=O) groups is 1. The van der Waals surface area contributed by atoms with Crippen LogP contribution < -0.4 is 10.5 Å². The van der Waals surface area contributed by atoms with Crippen molar-refractivity contribution in [3.63, 3.8) is 0 Å². The highest BCUT2D eigenvalue weighted by molar-refractivity contribution is 5.81. The largest absolute Gasteiger partial charge is 0.387 e. The Morgan fingerprint density at radius 3 is 2.42 bits per heavy atom. The molecule has 1 saturated heterocycles. The number of aliphatic hydroxyl groups excluding tert-OH is 1. The molecule has 2 fully saturated rings. The summed E-state index contributed by atoms with van der Waals surface area (Å²) in [6, 6.07) is 14.9. The number of amides is 1. The molecule has 1 spiro atoms. The Balaban J connectivity index is 1.38. The second-order valence-corrected chi connectivity index (χ2v) is 10.3. The number of pyridine rings is 1. The van der Waals surface area contributed by atoms with Gasteiger partial charge in [0.15, 0.2) is 0 Å². The van der Waals surface area contributed by atoms with Gasteiger partial charge in [0.2, 0.25) is 11.9 Å². The molecule has 36 heavy (non-hydrogen) atoms. The highest BCUT2D eigenvalue weighted by atomic mass is 16.3. The molecule has 2 aromatic heterocycles. The summed E-state index contributed by atoms with van der Waals surface area (Å²) < 4.78 is 1.73. The van der Waals surface area contributed by atoms with Gasteiger partial charge in [0.05, 0.1) is 18.3 Å². The fourth-order valence-electron chi connectivity index (χ4n) is 5.73. The topological polar surface area (TPSA) is 91.6 Å². The number of aliphatic hydroxyl groups is 1. The van der Waals surface area contributed by atoms with E-state index in [1.54, 1.807) is 23.0 Å². The van der Waals surface area contributed by atoms with Crippen LogP contribution in [0.3, 0.4) is 0 Å². The predicted molar refractivity (Wildman–Crippen MR) is 136 cm³/mol. The van der Waals surface area contributed by atoms with Gasteiger partial charge < -0.3 is 14.9 Å². The van der Waals surface area contributed by atoms with Crippen molar-refractivity contribution >= 4 is 11.9 Å². The maximum Gasteiger partial charge on any atom is 0.255 e. The average molecular weight is 486 g/mol. The van der Waals surface area contributed by atoms with E-state index < -0.39 is 6.10 Å². The summed E-state index contributed by atoms with van der Waals surface area (Å²) in [5.74, 6) is 1.09. The highest BCUT2D eigenvalue weighted by Gasteiger charge is 2.46.